The fourth-order valence-electron chi connectivity index (χ4n) is 3.79. The average molecular weight is 490 g/mol. The number of aromatic nitrogens is 1. The summed E-state index contributed by atoms with van der Waals surface area (Å²) in [5, 5.41) is 1.21. The number of carbonyl (C=O) groups is 1. The number of piperidine rings is 1. The van der Waals surface area contributed by atoms with Gasteiger partial charge in [-0.1, -0.05) is 0 Å². The Balaban J connectivity index is 1.35. The molecule has 0 saturated carbocycles. The number of nitrogens with zero attached hydrogens (tertiary/aromatic N) is 1. The first-order valence-corrected chi connectivity index (χ1v) is 10.5. The lowest BCUT2D eigenvalue weighted by atomic mass is 9.89. The lowest BCUT2D eigenvalue weighted by molar-refractivity contribution is -0.134. The van der Waals surface area contributed by atoms with Crippen LogP contribution in [0.2, 0.25) is 0 Å². The van der Waals surface area contributed by atoms with Crippen LogP contribution in [0.25, 0.3) is 10.9 Å². The van der Waals surface area contributed by atoms with Gasteiger partial charge in [0.2, 0.25) is 0 Å². The number of aromatic amines is 1. The Kier molecular flexibility index (Phi) is 5.75. The van der Waals surface area contributed by atoms with Gasteiger partial charge in [-0.2, -0.15) is 0 Å². The highest BCUT2D eigenvalue weighted by Crippen LogP contribution is 2.34. The van der Waals surface area contributed by atoms with Crippen LogP contribution in [0.3, 0.4) is 0 Å². The third-order valence-corrected chi connectivity index (χ3v) is 6.10. The topological polar surface area (TPSA) is 54.6 Å². The minimum absolute atomic E-state index is 0.0533. The number of ether oxygens (including phenoxy) is 2. The summed E-state index contributed by atoms with van der Waals surface area (Å²) >= 11 is 2.25. The second-order valence-corrected chi connectivity index (χ2v) is 8.30. The van der Waals surface area contributed by atoms with Crippen molar-refractivity contribution in [3.05, 3.63) is 57.8 Å². The van der Waals surface area contributed by atoms with E-state index < -0.39 is 0 Å². The van der Waals surface area contributed by atoms with E-state index in [0.717, 1.165) is 46.5 Å². The summed E-state index contributed by atoms with van der Waals surface area (Å²) in [4.78, 5) is 17.8. The van der Waals surface area contributed by atoms with Crippen LogP contribution in [0, 0.1) is 3.57 Å². The molecule has 1 N–H and O–H groups in total. The van der Waals surface area contributed by atoms with Crippen molar-refractivity contribution in [2.45, 2.75) is 18.8 Å². The molecule has 0 radical (unpaired) electrons. The van der Waals surface area contributed by atoms with Crippen molar-refractivity contribution in [1.82, 2.24) is 9.88 Å². The summed E-state index contributed by atoms with van der Waals surface area (Å²) in [6.45, 7) is 1.61. The normalized spacial score (nSPS) is 15.0. The summed E-state index contributed by atoms with van der Waals surface area (Å²) in [7, 11) is 1.69. The maximum absolute atomic E-state index is 12.5. The lowest BCUT2D eigenvalue weighted by Gasteiger charge is -2.32. The van der Waals surface area contributed by atoms with E-state index in [-0.39, 0.29) is 12.5 Å². The van der Waals surface area contributed by atoms with Gasteiger partial charge in [0.25, 0.3) is 5.91 Å². The molecule has 1 aliphatic heterocycles. The number of likely N-dealkylation sites (tertiary alicyclic amines) is 1. The van der Waals surface area contributed by atoms with Crippen LogP contribution in [0.15, 0.2) is 48.7 Å². The Morgan fingerprint density at radius 2 is 1.86 bits per heavy atom. The minimum atomic E-state index is 0.0533. The number of hydrogen-bond acceptors (Lipinski definition) is 3. The molecule has 28 heavy (non-hydrogen) atoms. The van der Waals surface area contributed by atoms with Gasteiger partial charge >= 0.3 is 0 Å². The highest BCUT2D eigenvalue weighted by Gasteiger charge is 2.25. The van der Waals surface area contributed by atoms with Gasteiger partial charge in [-0.05, 0) is 89.4 Å². The number of fused-ring (bicyclic) bond motifs is 1. The van der Waals surface area contributed by atoms with Gasteiger partial charge in [0.05, 0.1) is 7.11 Å². The SMILES string of the molecule is COc1ccc2[nH]cc(C3CCN(C(=O)COc4ccc(I)cc4)CC3)c2c1. The molecular weight excluding hydrogens is 467 g/mol. The number of hydrogen-bond donors (Lipinski definition) is 1. The second kappa shape index (κ2) is 8.43. The maximum Gasteiger partial charge on any atom is 0.260 e. The molecule has 0 bridgehead atoms. The van der Waals surface area contributed by atoms with Crippen LogP contribution >= 0.6 is 22.6 Å². The lowest BCUT2D eigenvalue weighted by Crippen LogP contribution is -2.40. The van der Waals surface area contributed by atoms with Crippen molar-refractivity contribution in [1.29, 1.82) is 0 Å². The Morgan fingerprint density at radius 1 is 1.14 bits per heavy atom. The molecule has 2 aromatic carbocycles. The van der Waals surface area contributed by atoms with E-state index in [0.29, 0.717) is 5.92 Å². The molecule has 3 aromatic rings. The van der Waals surface area contributed by atoms with Gasteiger partial charge < -0.3 is 19.4 Å². The van der Waals surface area contributed by atoms with Crippen molar-refractivity contribution < 1.29 is 14.3 Å². The van der Waals surface area contributed by atoms with Crippen LogP contribution in [-0.4, -0.2) is 42.6 Å². The Hall–Kier alpha value is -2.22. The third-order valence-electron chi connectivity index (χ3n) is 5.38. The first-order valence-electron chi connectivity index (χ1n) is 9.45. The fourth-order valence-corrected chi connectivity index (χ4v) is 4.15. The Labute approximate surface area is 178 Å². The van der Waals surface area contributed by atoms with E-state index in [1.165, 1.54) is 10.9 Å². The summed E-state index contributed by atoms with van der Waals surface area (Å²) in [6.07, 6.45) is 4.02. The zero-order valence-corrected chi connectivity index (χ0v) is 17.9. The fraction of sp³-hybridized carbons (Fsp3) is 0.318. The molecule has 1 fully saturated rings. The molecule has 1 aromatic heterocycles. The van der Waals surface area contributed by atoms with Gasteiger partial charge in [-0.25, -0.2) is 0 Å². The molecule has 5 nitrogen and oxygen atoms in total. The monoisotopic (exact) mass is 490 g/mol. The number of rotatable bonds is 5. The highest BCUT2D eigenvalue weighted by molar-refractivity contribution is 14.1. The molecule has 0 atom stereocenters. The molecule has 146 valence electrons. The summed E-state index contributed by atoms with van der Waals surface area (Å²) in [6, 6.07) is 13.9. The molecule has 1 saturated heterocycles. The van der Waals surface area contributed by atoms with Gasteiger partial charge in [0, 0.05) is 33.8 Å². The summed E-state index contributed by atoms with van der Waals surface area (Å²) in [5.74, 6) is 2.10. The molecule has 2 heterocycles. The molecular formula is C22H23IN2O3. The van der Waals surface area contributed by atoms with Gasteiger partial charge in [0.15, 0.2) is 6.61 Å². The number of nitrogens with one attached hydrogen (secondary N) is 1. The van der Waals surface area contributed by atoms with Crippen LogP contribution in [0.4, 0.5) is 0 Å². The first kappa shape index (κ1) is 19.1. The molecule has 0 unspecified atom stereocenters. The van der Waals surface area contributed by atoms with Crippen LogP contribution < -0.4 is 9.47 Å². The zero-order valence-electron chi connectivity index (χ0n) is 15.8. The Bertz CT molecular complexity index is 960. The van der Waals surface area contributed by atoms with Crippen LogP contribution in [0.5, 0.6) is 11.5 Å². The standard InChI is InChI=1S/C22H23IN2O3/c1-27-18-6-7-21-19(12-18)20(13-24-21)15-8-10-25(11-9-15)22(26)14-28-17-4-2-16(23)3-5-17/h2-7,12-13,15,24H,8-11,14H2,1H3. The Morgan fingerprint density at radius 3 is 2.57 bits per heavy atom. The van der Waals surface area contributed by atoms with Crippen molar-refractivity contribution >= 4 is 39.4 Å². The van der Waals surface area contributed by atoms with E-state index in [9.17, 15) is 4.79 Å². The zero-order chi connectivity index (χ0) is 19.5. The van der Waals surface area contributed by atoms with E-state index in [4.69, 9.17) is 9.47 Å². The highest BCUT2D eigenvalue weighted by atomic mass is 127. The number of methoxy groups -OCH3 is 1. The molecule has 0 aliphatic carbocycles. The maximum atomic E-state index is 12.5. The summed E-state index contributed by atoms with van der Waals surface area (Å²) < 4.78 is 12.2. The van der Waals surface area contributed by atoms with Crippen molar-refractivity contribution in [2.24, 2.45) is 0 Å². The van der Waals surface area contributed by atoms with Crippen LogP contribution in [-0.2, 0) is 4.79 Å². The van der Waals surface area contributed by atoms with E-state index in [2.05, 4.69) is 45.9 Å². The average Bonchev–Trinajstić information content (AvgIpc) is 3.16. The molecule has 1 amide bonds. The quantitative estimate of drug-likeness (QED) is 0.534. The van der Waals surface area contributed by atoms with Crippen molar-refractivity contribution in [2.75, 3.05) is 26.8 Å². The van der Waals surface area contributed by atoms with E-state index >= 15 is 0 Å². The molecule has 4 rings (SSSR count). The van der Waals surface area contributed by atoms with Crippen molar-refractivity contribution in [3.63, 3.8) is 0 Å². The van der Waals surface area contributed by atoms with Crippen molar-refractivity contribution in [3.8, 4) is 11.5 Å². The van der Waals surface area contributed by atoms with Gasteiger partial charge in [0.1, 0.15) is 11.5 Å². The van der Waals surface area contributed by atoms with E-state index in [1.807, 2.05) is 35.2 Å². The minimum Gasteiger partial charge on any atom is -0.497 e. The van der Waals surface area contributed by atoms with Crippen LogP contribution in [0.1, 0.15) is 24.3 Å². The largest absolute Gasteiger partial charge is 0.497 e. The number of benzene rings is 2. The number of H-pyrrole nitrogens is 1. The smallest absolute Gasteiger partial charge is 0.260 e. The number of halogens is 1. The number of amides is 1. The first-order chi connectivity index (χ1) is 13.6. The number of carbonyl (C=O) groups excluding carboxylic acids is 1. The van der Waals surface area contributed by atoms with E-state index in [1.54, 1.807) is 7.11 Å². The molecule has 6 heteroatoms. The summed E-state index contributed by atoms with van der Waals surface area (Å²) in [5.41, 5.74) is 2.44. The molecule has 1 aliphatic rings. The predicted octanol–water partition coefficient (Wildman–Crippen LogP) is 4.57. The third kappa shape index (κ3) is 4.11. The molecule has 0 spiro atoms. The predicted molar refractivity (Wildman–Crippen MR) is 118 cm³/mol. The van der Waals surface area contributed by atoms with Gasteiger partial charge in [-0.15, -0.1) is 0 Å². The van der Waals surface area contributed by atoms with Gasteiger partial charge in [-0.3, -0.25) is 4.79 Å². The second-order valence-electron chi connectivity index (χ2n) is 7.05.